The van der Waals surface area contributed by atoms with Crippen molar-refractivity contribution in [3.63, 3.8) is 0 Å². The zero-order valence-corrected chi connectivity index (χ0v) is 46.3. The molecule has 0 aliphatic heterocycles. The number of ether oxygens (including phenoxy) is 2. The molecule has 0 aliphatic rings. The van der Waals surface area contributed by atoms with Gasteiger partial charge in [-0.25, -0.2) is 0 Å². The van der Waals surface area contributed by atoms with Crippen molar-refractivity contribution in [3.05, 3.63) is 115 Å². The number of rotatable bonds is 5. The average Bonchev–Trinajstić information content (AvgIpc) is 4.12. The number of hydrogen-bond acceptors (Lipinski definition) is 8. The molecule has 5 aromatic carbocycles. The average molecular weight is 936 g/mol. The van der Waals surface area contributed by atoms with E-state index in [4.69, 9.17) is 9.47 Å². The number of para-hydroxylation sites is 3. The molecule has 0 spiro atoms. The molecule has 0 radical (unpaired) electrons. The minimum atomic E-state index is 0.605. The van der Waals surface area contributed by atoms with Crippen LogP contribution in [0.1, 0.15) is 170 Å². The monoisotopic (exact) mass is 936 g/mol. The van der Waals surface area contributed by atoms with E-state index in [2.05, 4.69) is 128 Å². The lowest BCUT2D eigenvalue weighted by Gasteiger charge is -2.11. The molecule has 3 heterocycles. The molecule has 8 aromatic rings. The summed E-state index contributed by atoms with van der Waals surface area (Å²) in [7, 11) is 3.26. The highest BCUT2D eigenvalue weighted by Gasteiger charge is 2.17. The quantitative estimate of drug-likeness (QED) is 0.168. The van der Waals surface area contributed by atoms with Gasteiger partial charge in [-0.1, -0.05) is 224 Å². The molecule has 0 bridgehead atoms. The Bertz CT molecular complexity index is 2120. The maximum Gasteiger partial charge on any atom is 0.173 e. The van der Waals surface area contributed by atoms with E-state index >= 15 is 0 Å². The topological polar surface area (TPSA) is 111 Å². The molecule has 0 saturated carbocycles. The number of hydrogen-bond donors (Lipinski definition) is 0. The molecule has 0 amide bonds. The number of methoxy groups -OCH3 is 2. The van der Waals surface area contributed by atoms with Gasteiger partial charge in [-0.15, -0.1) is 45.0 Å². The lowest BCUT2D eigenvalue weighted by Crippen LogP contribution is -2.07. The Balaban J connectivity index is -0.000000866. The summed E-state index contributed by atoms with van der Waals surface area (Å²) in [6.07, 6.45) is 8.75. The predicted molar refractivity (Wildman–Crippen MR) is 298 cm³/mol. The fourth-order valence-corrected chi connectivity index (χ4v) is 4.73. The van der Waals surface area contributed by atoms with Crippen molar-refractivity contribution < 1.29 is 9.47 Å². The SMILES string of the molecule is CC.CC.CCC.CCC.CCC.CCC.CCC.CCC.CCC.COc1c(-n2nc3ccccc3n2)cccc1-n1nc2ccccc2n1.COc1ccccc1-n1nc2ccccc2n1. The molecule has 0 atom stereocenters. The van der Waals surface area contributed by atoms with Gasteiger partial charge in [0.15, 0.2) is 5.75 Å². The van der Waals surface area contributed by atoms with Gasteiger partial charge in [0.2, 0.25) is 0 Å². The highest BCUT2D eigenvalue weighted by atomic mass is 16.5. The smallest absolute Gasteiger partial charge is 0.173 e. The maximum atomic E-state index is 5.68. The highest BCUT2D eigenvalue weighted by molar-refractivity contribution is 5.76. The third kappa shape index (κ3) is 24.6. The lowest BCUT2D eigenvalue weighted by molar-refractivity contribution is 0.405. The van der Waals surface area contributed by atoms with Crippen molar-refractivity contribution in [1.29, 1.82) is 0 Å². The second kappa shape index (κ2) is 44.7. The molecular weight excluding hydrogens is 843 g/mol. The van der Waals surface area contributed by atoms with Gasteiger partial charge in [-0.3, -0.25) is 0 Å². The molecule has 378 valence electrons. The van der Waals surface area contributed by atoms with Crippen molar-refractivity contribution in [3.8, 4) is 28.6 Å². The Labute approximate surface area is 413 Å². The lowest BCUT2D eigenvalue weighted by atomic mass is 10.2. The Kier molecular flexibility index (Phi) is 43.5. The van der Waals surface area contributed by atoms with Crippen molar-refractivity contribution in [2.75, 3.05) is 14.2 Å². The van der Waals surface area contributed by atoms with Crippen LogP contribution in [0.5, 0.6) is 11.5 Å². The molecule has 8 rings (SSSR count). The van der Waals surface area contributed by atoms with E-state index in [1.165, 1.54) is 44.9 Å². The first-order valence-electron chi connectivity index (χ1n) is 25.4. The van der Waals surface area contributed by atoms with Gasteiger partial charge in [0.05, 0.1) is 14.2 Å². The third-order valence-electron chi connectivity index (χ3n) is 6.77. The maximum absolute atomic E-state index is 5.68. The second-order valence-electron chi connectivity index (χ2n) is 14.4. The fraction of sp³-hybridized carbons (Fsp3) is 0.474. The molecular formula is C57H93N9O2. The number of benzene rings is 5. The van der Waals surface area contributed by atoms with E-state index in [1.807, 2.05) is 143 Å². The van der Waals surface area contributed by atoms with E-state index in [1.54, 1.807) is 28.6 Å². The molecule has 0 N–H and O–H groups in total. The molecule has 68 heavy (non-hydrogen) atoms. The summed E-state index contributed by atoms with van der Waals surface area (Å²) in [4.78, 5) is 4.76. The van der Waals surface area contributed by atoms with Crippen molar-refractivity contribution in [2.45, 2.75) is 170 Å². The van der Waals surface area contributed by atoms with Crippen LogP contribution in [0.2, 0.25) is 0 Å². The van der Waals surface area contributed by atoms with E-state index in [9.17, 15) is 0 Å². The van der Waals surface area contributed by atoms with Crippen LogP contribution in [0.4, 0.5) is 0 Å². The number of fused-ring (bicyclic) bond motifs is 3. The molecule has 11 heteroatoms. The molecule has 0 saturated heterocycles. The summed E-state index contributed by atoms with van der Waals surface area (Å²) in [5.41, 5.74) is 7.32. The first-order valence-corrected chi connectivity index (χ1v) is 25.4. The Morgan fingerprint density at radius 2 is 0.500 bits per heavy atom. The van der Waals surface area contributed by atoms with Crippen LogP contribution in [0.25, 0.3) is 50.2 Å². The Hall–Kier alpha value is -6.10. The molecule has 0 aliphatic carbocycles. The summed E-state index contributed by atoms with van der Waals surface area (Å²) >= 11 is 0. The highest BCUT2D eigenvalue weighted by Crippen LogP contribution is 2.30. The van der Waals surface area contributed by atoms with E-state index < -0.39 is 0 Å². The fourth-order valence-electron chi connectivity index (χ4n) is 4.73. The predicted octanol–water partition coefficient (Wildman–Crippen LogP) is 17.6. The Morgan fingerprint density at radius 3 is 0.735 bits per heavy atom. The summed E-state index contributed by atoms with van der Waals surface area (Å²) in [6.45, 7) is 37.8. The summed E-state index contributed by atoms with van der Waals surface area (Å²) in [5.74, 6) is 1.36. The van der Waals surface area contributed by atoms with Crippen molar-refractivity contribution in [1.82, 2.24) is 45.0 Å². The van der Waals surface area contributed by atoms with E-state index in [0.717, 1.165) is 55.9 Å². The van der Waals surface area contributed by atoms with Crippen LogP contribution >= 0.6 is 0 Å². The second-order valence-corrected chi connectivity index (χ2v) is 14.4. The van der Waals surface area contributed by atoms with Crippen molar-refractivity contribution >= 4 is 33.1 Å². The van der Waals surface area contributed by atoms with Crippen LogP contribution in [0.3, 0.4) is 0 Å². The van der Waals surface area contributed by atoms with Gasteiger partial charge < -0.3 is 9.47 Å². The molecule has 0 fully saturated rings. The number of nitrogens with zero attached hydrogens (tertiary/aromatic N) is 9. The minimum absolute atomic E-state index is 0.605. The zero-order chi connectivity index (χ0) is 52.1. The van der Waals surface area contributed by atoms with Crippen LogP contribution in [-0.2, 0) is 0 Å². The van der Waals surface area contributed by atoms with E-state index in [0.29, 0.717) is 5.75 Å². The normalized spacial score (nSPS) is 9.00. The van der Waals surface area contributed by atoms with Crippen LogP contribution in [0.15, 0.2) is 115 Å². The van der Waals surface area contributed by atoms with Gasteiger partial charge in [0, 0.05) is 0 Å². The molecule has 0 unspecified atom stereocenters. The van der Waals surface area contributed by atoms with Gasteiger partial charge in [0.1, 0.15) is 55.9 Å². The third-order valence-corrected chi connectivity index (χ3v) is 6.77. The zero-order valence-electron chi connectivity index (χ0n) is 46.3. The largest absolute Gasteiger partial charge is 0.494 e. The van der Waals surface area contributed by atoms with Gasteiger partial charge in [-0.05, 0) is 60.7 Å². The van der Waals surface area contributed by atoms with Gasteiger partial charge in [0.25, 0.3) is 0 Å². The van der Waals surface area contributed by atoms with Crippen molar-refractivity contribution in [2.24, 2.45) is 0 Å². The van der Waals surface area contributed by atoms with Crippen LogP contribution in [-0.4, -0.2) is 59.2 Å². The summed E-state index contributed by atoms with van der Waals surface area (Å²) in [6, 6.07) is 36.6. The standard InChI is InChI=1S/C19H14N6O.C13H11N3O.7C3H8.2C2H6/c1-26-19-17(24-20-13-7-2-3-8-14(13)21-24)11-6-12-18(19)25-22-15-9-4-5-10-16(15)23-25;1-17-13-9-5-4-8-12(13)16-14-10-6-2-3-7-11(10)15-16;7*1-3-2;2*1-2/h2-12H,1H3;2-9H,1H3;7*3H2,1-2H3;2*1-2H3. The van der Waals surface area contributed by atoms with Crippen LogP contribution in [0, 0.1) is 0 Å². The summed E-state index contributed by atoms with van der Waals surface area (Å²) in [5, 5.41) is 27.0. The first-order chi connectivity index (χ1) is 33.1. The summed E-state index contributed by atoms with van der Waals surface area (Å²) < 4.78 is 11.0. The van der Waals surface area contributed by atoms with Gasteiger partial charge >= 0.3 is 0 Å². The Morgan fingerprint density at radius 1 is 0.294 bits per heavy atom. The molecule has 11 nitrogen and oxygen atoms in total. The minimum Gasteiger partial charge on any atom is -0.494 e. The van der Waals surface area contributed by atoms with E-state index in [-0.39, 0.29) is 0 Å². The van der Waals surface area contributed by atoms with Crippen LogP contribution < -0.4 is 9.47 Å². The van der Waals surface area contributed by atoms with Gasteiger partial charge in [-0.2, -0.15) is 0 Å². The first kappa shape index (κ1) is 66.2. The molecule has 3 aromatic heterocycles. The number of aromatic nitrogens is 9.